The molecule has 178 valence electrons. The summed E-state index contributed by atoms with van der Waals surface area (Å²) in [6.07, 6.45) is 0.982. The molecule has 0 bridgehead atoms. The minimum absolute atomic E-state index is 0.145. The molecule has 1 aromatic carbocycles. The van der Waals surface area contributed by atoms with E-state index in [9.17, 15) is 23.6 Å². The first-order valence-corrected chi connectivity index (χ1v) is 12.3. The lowest BCUT2D eigenvalue weighted by Crippen LogP contribution is -2.53. The molecule has 34 heavy (non-hydrogen) atoms. The van der Waals surface area contributed by atoms with Gasteiger partial charge in [-0.3, -0.25) is 19.2 Å². The van der Waals surface area contributed by atoms with Crippen molar-refractivity contribution in [1.29, 1.82) is 0 Å². The number of benzene rings is 1. The molecular formula is C23H22ClFN4O4S. The topological polar surface area (TPSA) is 98.8 Å². The fraction of sp³-hybridized carbons (Fsp3) is 0.391. The molecule has 3 saturated heterocycles. The third-order valence-corrected chi connectivity index (χ3v) is 7.77. The van der Waals surface area contributed by atoms with Crippen molar-refractivity contribution in [2.75, 3.05) is 13.1 Å². The quantitative estimate of drug-likeness (QED) is 0.660. The molecule has 2 aromatic rings. The van der Waals surface area contributed by atoms with E-state index < -0.39 is 35.9 Å². The number of fused-ring (bicyclic) bond motifs is 2. The fourth-order valence-corrected chi connectivity index (χ4v) is 5.86. The minimum Gasteiger partial charge on any atom is -0.349 e. The van der Waals surface area contributed by atoms with Gasteiger partial charge in [0.05, 0.1) is 17.5 Å². The number of hydrogen-bond acceptors (Lipinski definition) is 5. The van der Waals surface area contributed by atoms with E-state index in [0.717, 1.165) is 10.9 Å². The molecule has 1 aromatic heterocycles. The Morgan fingerprint density at radius 3 is 2.82 bits per heavy atom. The molecule has 0 spiro atoms. The van der Waals surface area contributed by atoms with Gasteiger partial charge >= 0.3 is 0 Å². The van der Waals surface area contributed by atoms with Crippen molar-refractivity contribution in [2.45, 2.75) is 43.4 Å². The van der Waals surface area contributed by atoms with E-state index in [4.69, 9.17) is 11.6 Å². The van der Waals surface area contributed by atoms with Crippen molar-refractivity contribution in [1.82, 2.24) is 20.4 Å². The van der Waals surface area contributed by atoms with Crippen LogP contribution in [0, 0.1) is 5.82 Å². The average molecular weight is 505 g/mol. The summed E-state index contributed by atoms with van der Waals surface area (Å²) < 4.78 is 13.4. The number of carbonyl (C=O) groups is 4. The van der Waals surface area contributed by atoms with Gasteiger partial charge in [0.2, 0.25) is 17.7 Å². The van der Waals surface area contributed by atoms with Crippen molar-refractivity contribution < 1.29 is 23.6 Å². The summed E-state index contributed by atoms with van der Waals surface area (Å²) in [5, 5.41) is 7.48. The monoisotopic (exact) mass is 504 g/mol. The molecule has 2 N–H and O–H groups in total. The van der Waals surface area contributed by atoms with Crippen LogP contribution in [0.15, 0.2) is 35.7 Å². The molecule has 0 radical (unpaired) electrons. The zero-order valence-corrected chi connectivity index (χ0v) is 19.6. The summed E-state index contributed by atoms with van der Waals surface area (Å²) in [6, 6.07) is 5.04. The summed E-state index contributed by atoms with van der Waals surface area (Å²) in [4.78, 5) is 56.0. The first-order valence-electron chi connectivity index (χ1n) is 11.0. The van der Waals surface area contributed by atoms with Crippen LogP contribution in [0.1, 0.15) is 28.1 Å². The van der Waals surface area contributed by atoms with Crippen LogP contribution in [0.4, 0.5) is 4.39 Å². The first-order chi connectivity index (χ1) is 16.3. The summed E-state index contributed by atoms with van der Waals surface area (Å²) in [7, 11) is 0. The van der Waals surface area contributed by atoms with Crippen LogP contribution in [0.5, 0.6) is 0 Å². The van der Waals surface area contributed by atoms with Crippen molar-refractivity contribution in [2.24, 2.45) is 0 Å². The minimum atomic E-state index is -0.758. The summed E-state index contributed by atoms with van der Waals surface area (Å²) >= 11 is 7.26. The molecule has 3 aliphatic rings. The molecule has 4 atom stereocenters. The Bertz CT molecular complexity index is 1160. The molecule has 3 aliphatic heterocycles. The van der Waals surface area contributed by atoms with Gasteiger partial charge in [-0.05, 0) is 42.5 Å². The van der Waals surface area contributed by atoms with Crippen LogP contribution in [-0.2, 0) is 20.8 Å². The molecule has 0 saturated carbocycles. The second-order valence-corrected chi connectivity index (χ2v) is 10.2. The predicted octanol–water partition coefficient (Wildman–Crippen LogP) is 1.58. The van der Waals surface area contributed by atoms with Gasteiger partial charge in [-0.1, -0.05) is 17.7 Å². The van der Waals surface area contributed by atoms with Gasteiger partial charge in [-0.15, -0.1) is 11.3 Å². The fourth-order valence-electron chi connectivity index (χ4n) is 4.98. The van der Waals surface area contributed by atoms with Gasteiger partial charge in [-0.25, -0.2) is 4.39 Å². The largest absolute Gasteiger partial charge is 0.349 e. The van der Waals surface area contributed by atoms with Gasteiger partial charge in [0.15, 0.2) is 0 Å². The highest BCUT2D eigenvalue weighted by molar-refractivity contribution is 7.10. The molecular weight excluding hydrogens is 483 g/mol. The van der Waals surface area contributed by atoms with Crippen molar-refractivity contribution >= 4 is 46.6 Å². The van der Waals surface area contributed by atoms with Gasteiger partial charge in [0.1, 0.15) is 17.9 Å². The van der Waals surface area contributed by atoms with E-state index in [1.165, 1.54) is 28.4 Å². The van der Waals surface area contributed by atoms with Crippen LogP contribution in [0.3, 0.4) is 0 Å². The number of thiophene rings is 1. The third kappa shape index (κ3) is 4.16. The summed E-state index contributed by atoms with van der Waals surface area (Å²) in [5.41, 5.74) is 0.186. The Morgan fingerprint density at radius 1 is 1.26 bits per heavy atom. The Morgan fingerprint density at radius 2 is 2.09 bits per heavy atom. The number of amides is 4. The number of halogens is 2. The maximum atomic E-state index is 13.5. The van der Waals surface area contributed by atoms with E-state index in [2.05, 4.69) is 10.6 Å². The number of hydrogen-bond donors (Lipinski definition) is 2. The average Bonchev–Trinajstić information content (AvgIpc) is 3.54. The highest BCUT2D eigenvalue weighted by Crippen LogP contribution is 2.30. The van der Waals surface area contributed by atoms with Crippen LogP contribution in [0.25, 0.3) is 0 Å². The molecule has 0 aliphatic carbocycles. The molecule has 3 fully saturated rings. The van der Waals surface area contributed by atoms with Gasteiger partial charge < -0.3 is 20.4 Å². The second kappa shape index (κ2) is 8.99. The maximum Gasteiger partial charge on any atom is 0.251 e. The van der Waals surface area contributed by atoms with Crippen molar-refractivity contribution in [3.05, 3.63) is 57.0 Å². The molecule has 5 rings (SSSR count). The number of carbonyl (C=O) groups excluding carboxylic acids is 4. The normalized spacial score (nSPS) is 26.1. The Balaban J connectivity index is 1.30. The molecule has 8 nitrogen and oxygen atoms in total. The Labute approximate surface area is 204 Å². The number of likely N-dealkylation sites (tertiary alicyclic amines) is 1. The Hall–Kier alpha value is -2.98. The zero-order valence-electron chi connectivity index (χ0n) is 18.0. The van der Waals surface area contributed by atoms with E-state index in [-0.39, 0.29) is 47.7 Å². The standard InChI is InChI=1S/C23H22ClFN4O4S/c24-15-8-12(3-4-16(15)25)21(31)26-13-9-18-22(32)27-17-5-6-28(20(17)23(33)29(18)11-13)19(30)10-14-2-1-7-34-14/h1-4,7-8,13,17-18,20H,5-6,9-11H2,(H,26,31)(H,27,32). The Kier molecular flexibility index (Phi) is 6.03. The van der Waals surface area contributed by atoms with E-state index >= 15 is 0 Å². The van der Waals surface area contributed by atoms with Crippen LogP contribution >= 0.6 is 22.9 Å². The molecule has 4 unspecified atom stereocenters. The maximum absolute atomic E-state index is 13.5. The van der Waals surface area contributed by atoms with Crippen molar-refractivity contribution in [3.8, 4) is 0 Å². The predicted molar refractivity (Wildman–Crippen MR) is 123 cm³/mol. The van der Waals surface area contributed by atoms with Crippen LogP contribution in [-0.4, -0.2) is 70.7 Å². The number of rotatable bonds is 4. The van der Waals surface area contributed by atoms with E-state index in [1.807, 2.05) is 17.5 Å². The lowest BCUT2D eigenvalue weighted by atomic mass is 10.1. The SMILES string of the molecule is O=C(NC1CC2C(=O)NC3CCN(C(=O)Cc4cccs4)C3C(=O)N2C1)c1ccc(F)c(Cl)c1. The van der Waals surface area contributed by atoms with Crippen LogP contribution < -0.4 is 10.6 Å². The molecule has 11 heteroatoms. The summed E-state index contributed by atoms with van der Waals surface area (Å²) in [6.45, 7) is 0.545. The second-order valence-electron chi connectivity index (χ2n) is 8.73. The lowest BCUT2D eigenvalue weighted by Gasteiger charge is -2.29. The van der Waals surface area contributed by atoms with E-state index in [1.54, 1.807) is 4.90 Å². The zero-order chi connectivity index (χ0) is 24.0. The lowest BCUT2D eigenvalue weighted by molar-refractivity contribution is -0.144. The van der Waals surface area contributed by atoms with E-state index in [0.29, 0.717) is 13.0 Å². The molecule has 4 heterocycles. The van der Waals surface area contributed by atoms with Crippen molar-refractivity contribution in [3.63, 3.8) is 0 Å². The third-order valence-electron chi connectivity index (χ3n) is 6.61. The van der Waals surface area contributed by atoms with Gasteiger partial charge in [0.25, 0.3) is 5.91 Å². The smallest absolute Gasteiger partial charge is 0.251 e. The molecule has 4 amide bonds. The number of nitrogens with zero attached hydrogens (tertiary/aromatic N) is 2. The first kappa shape index (κ1) is 22.8. The van der Waals surface area contributed by atoms with Gasteiger partial charge in [0, 0.05) is 29.6 Å². The highest BCUT2D eigenvalue weighted by Gasteiger charge is 2.52. The number of nitrogens with one attached hydrogen (secondary N) is 2. The summed E-state index contributed by atoms with van der Waals surface area (Å²) in [5.74, 6) is -1.81. The van der Waals surface area contributed by atoms with Gasteiger partial charge in [-0.2, -0.15) is 0 Å². The highest BCUT2D eigenvalue weighted by atomic mass is 35.5. The van der Waals surface area contributed by atoms with Crippen LogP contribution in [0.2, 0.25) is 5.02 Å².